The van der Waals surface area contributed by atoms with Gasteiger partial charge in [0.2, 0.25) is 0 Å². The molecule has 2 heterocycles. The molecular formula is C24H21NO6. The molecule has 1 aromatic heterocycles. The van der Waals surface area contributed by atoms with Crippen LogP contribution in [0.2, 0.25) is 0 Å². The zero-order valence-corrected chi connectivity index (χ0v) is 17.2. The van der Waals surface area contributed by atoms with Crippen LogP contribution in [0.25, 0.3) is 5.76 Å². The van der Waals surface area contributed by atoms with E-state index >= 15 is 0 Å². The summed E-state index contributed by atoms with van der Waals surface area (Å²) in [5.41, 5.74) is 1.91. The van der Waals surface area contributed by atoms with Gasteiger partial charge in [0, 0.05) is 0 Å². The smallest absolute Gasteiger partial charge is 0.300 e. The van der Waals surface area contributed by atoms with Crippen molar-refractivity contribution in [3.8, 4) is 11.5 Å². The number of benzene rings is 2. The summed E-state index contributed by atoms with van der Waals surface area (Å²) in [5, 5.41) is 21.6. The van der Waals surface area contributed by atoms with Gasteiger partial charge in [-0.2, -0.15) is 0 Å². The van der Waals surface area contributed by atoms with Crippen molar-refractivity contribution in [2.75, 3.05) is 12.0 Å². The number of methoxy groups -OCH3 is 1. The average molecular weight is 419 g/mol. The number of amides is 1. The minimum Gasteiger partial charge on any atom is -0.507 e. The number of carbonyl (C=O) groups excluding carboxylic acids is 2. The lowest BCUT2D eigenvalue weighted by Gasteiger charge is -2.24. The summed E-state index contributed by atoms with van der Waals surface area (Å²) in [4.78, 5) is 27.3. The Morgan fingerprint density at radius 3 is 2.48 bits per heavy atom. The molecule has 0 saturated carbocycles. The Hall–Kier alpha value is -4.00. The molecule has 0 aliphatic carbocycles. The number of aliphatic hydroxyl groups is 1. The summed E-state index contributed by atoms with van der Waals surface area (Å²) in [6, 6.07) is 11.9. The highest BCUT2D eigenvalue weighted by Crippen LogP contribution is 2.45. The molecule has 0 bridgehead atoms. The van der Waals surface area contributed by atoms with E-state index in [-0.39, 0.29) is 28.5 Å². The van der Waals surface area contributed by atoms with Crippen molar-refractivity contribution in [2.24, 2.45) is 0 Å². The molecule has 7 nitrogen and oxygen atoms in total. The summed E-state index contributed by atoms with van der Waals surface area (Å²) in [6.07, 6.45) is 1.41. The van der Waals surface area contributed by atoms with E-state index in [9.17, 15) is 19.8 Å². The Morgan fingerprint density at radius 2 is 1.84 bits per heavy atom. The summed E-state index contributed by atoms with van der Waals surface area (Å²) >= 11 is 0. The third-order valence-electron chi connectivity index (χ3n) is 5.28. The van der Waals surface area contributed by atoms with Gasteiger partial charge in [0.15, 0.2) is 0 Å². The van der Waals surface area contributed by atoms with Crippen molar-refractivity contribution in [2.45, 2.75) is 19.9 Å². The second-order valence-electron chi connectivity index (χ2n) is 7.34. The van der Waals surface area contributed by atoms with Crippen LogP contribution in [0.5, 0.6) is 11.5 Å². The highest BCUT2D eigenvalue weighted by atomic mass is 16.5. The molecule has 1 amide bonds. The predicted molar refractivity (Wildman–Crippen MR) is 114 cm³/mol. The van der Waals surface area contributed by atoms with Crippen LogP contribution in [0.1, 0.15) is 28.5 Å². The van der Waals surface area contributed by atoms with Gasteiger partial charge in [0.25, 0.3) is 11.7 Å². The molecule has 4 rings (SSSR count). The van der Waals surface area contributed by atoms with Crippen LogP contribution in [0.15, 0.2) is 64.8 Å². The number of para-hydroxylation sites is 2. The number of hydrogen-bond donors (Lipinski definition) is 2. The first-order valence-corrected chi connectivity index (χ1v) is 9.63. The number of Topliss-reactive ketones (excluding diaryl/α,β-unsaturated/α-hetero) is 1. The van der Waals surface area contributed by atoms with Crippen LogP contribution >= 0.6 is 0 Å². The molecule has 1 atom stereocenters. The second-order valence-corrected chi connectivity index (χ2v) is 7.34. The summed E-state index contributed by atoms with van der Waals surface area (Å²) in [5.74, 6) is -1.65. The fraction of sp³-hybridized carbons (Fsp3) is 0.167. The van der Waals surface area contributed by atoms with Crippen molar-refractivity contribution in [1.29, 1.82) is 0 Å². The molecule has 158 valence electrons. The highest BCUT2D eigenvalue weighted by molar-refractivity contribution is 6.51. The number of ether oxygens (including phenoxy) is 1. The van der Waals surface area contributed by atoms with E-state index in [1.807, 2.05) is 19.9 Å². The number of ketones is 1. The van der Waals surface area contributed by atoms with Crippen molar-refractivity contribution in [3.63, 3.8) is 0 Å². The number of anilines is 1. The molecule has 7 heteroatoms. The van der Waals surface area contributed by atoms with Crippen molar-refractivity contribution < 1.29 is 29.0 Å². The van der Waals surface area contributed by atoms with E-state index in [0.29, 0.717) is 11.3 Å². The van der Waals surface area contributed by atoms with E-state index in [4.69, 9.17) is 9.15 Å². The Morgan fingerprint density at radius 1 is 1.10 bits per heavy atom. The van der Waals surface area contributed by atoms with Gasteiger partial charge in [0.1, 0.15) is 29.1 Å². The molecule has 2 N–H and O–H groups in total. The minimum atomic E-state index is -1.06. The van der Waals surface area contributed by atoms with Crippen LogP contribution in [-0.4, -0.2) is 29.0 Å². The lowest BCUT2D eigenvalue weighted by molar-refractivity contribution is -0.132. The molecule has 0 spiro atoms. The maximum absolute atomic E-state index is 13.1. The van der Waals surface area contributed by atoms with Gasteiger partial charge in [-0.15, -0.1) is 0 Å². The van der Waals surface area contributed by atoms with Crippen LogP contribution in [0, 0.1) is 13.8 Å². The molecular weight excluding hydrogens is 398 g/mol. The highest BCUT2D eigenvalue weighted by Gasteiger charge is 2.49. The van der Waals surface area contributed by atoms with Crippen LogP contribution < -0.4 is 9.64 Å². The van der Waals surface area contributed by atoms with Gasteiger partial charge in [-0.1, -0.05) is 18.2 Å². The Balaban J connectivity index is 2.00. The fourth-order valence-electron chi connectivity index (χ4n) is 4.01. The fourth-order valence-corrected chi connectivity index (χ4v) is 4.01. The molecule has 0 radical (unpaired) electrons. The number of phenolic OH excluding ortho intramolecular Hbond substituents is 1. The van der Waals surface area contributed by atoms with E-state index in [1.54, 1.807) is 30.3 Å². The van der Waals surface area contributed by atoms with Gasteiger partial charge in [-0.05, 0) is 55.3 Å². The van der Waals surface area contributed by atoms with Crippen LogP contribution in [0.3, 0.4) is 0 Å². The predicted octanol–water partition coefficient (Wildman–Crippen LogP) is 4.24. The number of aliphatic hydroxyl groups excluding tert-OH is 1. The number of carbonyl (C=O) groups is 2. The first kappa shape index (κ1) is 20.3. The molecule has 3 aromatic rings. The standard InChI is InChI=1S/C24H21NO6/c1-13-11-14(2)23(30-3)15(12-13)21(27)19-20(18-9-6-10-31-18)25(24(29)22(19)28)16-7-4-5-8-17(16)26/h4-12,20,26-27H,1-3H3/b21-19-. The number of nitrogens with zero attached hydrogens (tertiary/aromatic N) is 1. The van der Waals surface area contributed by atoms with Gasteiger partial charge in [0.05, 0.1) is 30.2 Å². The van der Waals surface area contributed by atoms with Gasteiger partial charge in [-0.3, -0.25) is 14.5 Å². The van der Waals surface area contributed by atoms with Gasteiger partial charge < -0.3 is 19.4 Å². The van der Waals surface area contributed by atoms with Crippen molar-refractivity contribution >= 4 is 23.1 Å². The van der Waals surface area contributed by atoms with E-state index in [1.165, 1.54) is 25.5 Å². The van der Waals surface area contributed by atoms with E-state index in [0.717, 1.165) is 16.0 Å². The number of aryl methyl sites for hydroxylation is 2. The number of phenols is 1. The van der Waals surface area contributed by atoms with Crippen LogP contribution in [0.4, 0.5) is 5.69 Å². The first-order valence-electron chi connectivity index (χ1n) is 9.63. The third kappa shape index (κ3) is 3.24. The lowest BCUT2D eigenvalue weighted by Crippen LogP contribution is -2.29. The Labute approximate surface area is 178 Å². The molecule has 1 aliphatic rings. The number of aromatic hydroxyl groups is 1. The number of rotatable bonds is 4. The molecule has 2 aromatic carbocycles. The third-order valence-corrected chi connectivity index (χ3v) is 5.28. The molecule has 1 fully saturated rings. The van der Waals surface area contributed by atoms with E-state index < -0.39 is 17.7 Å². The topological polar surface area (TPSA) is 100 Å². The average Bonchev–Trinajstić information content (AvgIpc) is 3.35. The van der Waals surface area contributed by atoms with Gasteiger partial charge in [-0.25, -0.2) is 0 Å². The van der Waals surface area contributed by atoms with Gasteiger partial charge >= 0.3 is 0 Å². The summed E-state index contributed by atoms with van der Waals surface area (Å²) in [6.45, 7) is 3.68. The lowest BCUT2D eigenvalue weighted by atomic mass is 9.96. The summed E-state index contributed by atoms with van der Waals surface area (Å²) < 4.78 is 11.0. The van der Waals surface area contributed by atoms with Crippen molar-refractivity contribution in [3.05, 3.63) is 82.8 Å². The largest absolute Gasteiger partial charge is 0.507 e. The maximum atomic E-state index is 13.1. The Bertz CT molecular complexity index is 1210. The normalized spacial score (nSPS) is 17.9. The van der Waals surface area contributed by atoms with Crippen molar-refractivity contribution in [1.82, 2.24) is 0 Å². The second kappa shape index (κ2) is 7.68. The molecule has 1 unspecified atom stereocenters. The quantitative estimate of drug-likeness (QED) is 0.373. The molecule has 1 saturated heterocycles. The first-order chi connectivity index (χ1) is 14.8. The monoisotopic (exact) mass is 419 g/mol. The maximum Gasteiger partial charge on any atom is 0.300 e. The minimum absolute atomic E-state index is 0.137. The SMILES string of the molecule is COc1c(C)cc(C)cc1/C(O)=C1/C(=O)C(=O)N(c2ccccc2O)C1c1ccco1. The zero-order chi connectivity index (χ0) is 22.3. The zero-order valence-electron chi connectivity index (χ0n) is 17.2. The summed E-state index contributed by atoms with van der Waals surface area (Å²) in [7, 11) is 1.47. The Kier molecular flexibility index (Phi) is 5.02. The molecule has 1 aliphatic heterocycles. The molecule has 31 heavy (non-hydrogen) atoms. The number of hydrogen-bond acceptors (Lipinski definition) is 6. The van der Waals surface area contributed by atoms with Crippen LogP contribution in [-0.2, 0) is 9.59 Å². The number of furan rings is 1. The van der Waals surface area contributed by atoms with E-state index in [2.05, 4.69) is 0 Å².